The summed E-state index contributed by atoms with van der Waals surface area (Å²) in [4.78, 5) is 11.1. The Labute approximate surface area is 104 Å². The van der Waals surface area contributed by atoms with Gasteiger partial charge in [-0.1, -0.05) is 19.1 Å². The lowest BCUT2D eigenvalue weighted by molar-refractivity contribution is 0.0177. The van der Waals surface area contributed by atoms with Crippen LogP contribution in [0.4, 0.5) is 5.95 Å². The van der Waals surface area contributed by atoms with E-state index in [2.05, 4.69) is 21.9 Å². The highest BCUT2D eigenvalue weighted by atomic mass is 32.1. The van der Waals surface area contributed by atoms with E-state index in [-0.39, 0.29) is 12.1 Å². The van der Waals surface area contributed by atoms with Crippen molar-refractivity contribution in [3.8, 4) is 0 Å². The lowest BCUT2D eigenvalue weighted by atomic mass is 10.3. The minimum atomic E-state index is 0.203. The van der Waals surface area contributed by atoms with E-state index >= 15 is 0 Å². The van der Waals surface area contributed by atoms with E-state index < -0.39 is 0 Å². The topological polar surface area (TPSA) is 81.8 Å². The summed E-state index contributed by atoms with van der Waals surface area (Å²) in [6.45, 7) is 4.52. The SMILES string of the molecule is CC[C@@H](C)OCn1cnc2c(=S)nc(N)[nH]c21. The van der Waals surface area contributed by atoms with Crippen molar-refractivity contribution in [2.24, 2.45) is 0 Å². The molecule has 0 aliphatic rings. The fourth-order valence-electron chi connectivity index (χ4n) is 1.40. The molecule has 2 aromatic heterocycles. The van der Waals surface area contributed by atoms with Crippen molar-refractivity contribution in [2.45, 2.75) is 33.1 Å². The van der Waals surface area contributed by atoms with E-state index in [1.54, 1.807) is 6.33 Å². The lowest BCUT2D eigenvalue weighted by Gasteiger charge is -2.11. The normalized spacial score (nSPS) is 13.1. The molecule has 92 valence electrons. The lowest BCUT2D eigenvalue weighted by Crippen LogP contribution is -2.11. The molecule has 2 rings (SSSR count). The third-order valence-electron chi connectivity index (χ3n) is 2.58. The first-order chi connectivity index (χ1) is 8.11. The molecule has 2 heterocycles. The van der Waals surface area contributed by atoms with Crippen LogP contribution in [-0.2, 0) is 11.5 Å². The summed E-state index contributed by atoms with van der Waals surface area (Å²) in [5.74, 6) is 0.285. The minimum Gasteiger partial charge on any atom is -0.369 e. The van der Waals surface area contributed by atoms with Crippen LogP contribution in [0.15, 0.2) is 6.33 Å². The number of nitrogen functional groups attached to an aromatic ring is 1. The van der Waals surface area contributed by atoms with Gasteiger partial charge in [0.2, 0.25) is 0 Å². The summed E-state index contributed by atoms with van der Waals surface area (Å²) in [7, 11) is 0. The Morgan fingerprint density at radius 1 is 1.65 bits per heavy atom. The molecular weight excluding hydrogens is 238 g/mol. The highest BCUT2D eigenvalue weighted by molar-refractivity contribution is 7.71. The van der Waals surface area contributed by atoms with Gasteiger partial charge in [-0.2, -0.15) is 0 Å². The number of rotatable bonds is 4. The predicted octanol–water partition coefficient (Wildman–Crippen LogP) is 1.84. The molecule has 17 heavy (non-hydrogen) atoms. The largest absolute Gasteiger partial charge is 0.369 e. The number of fused-ring (bicyclic) bond motifs is 1. The third-order valence-corrected chi connectivity index (χ3v) is 2.87. The molecule has 0 radical (unpaired) electrons. The van der Waals surface area contributed by atoms with Crippen LogP contribution >= 0.6 is 12.2 Å². The second kappa shape index (κ2) is 4.80. The summed E-state index contributed by atoms with van der Waals surface area (Å²) in [6, 6.07) is 0. The molecule has 0 unspecified atom stereocenters. The molecule has 0 amide bonds. The predicted molar refractivity (Wildman–Crippen MR) is 68.0 cm³/mol. The summed E-state index contributed by atoms with van der Waals surface area (Å²) in [6.07, 6.45) is 2.84. The second-order valence-electron chi connectivity index (χ2n) is 3.85. The summed E-state index contributed by atoms with van der Waals surface area (Å²) in [5.41, 5.74) is 7.00. The zero-order valence-electron chi connectivity index (χ0n) is 9.80. The summed E-state index contributed by atoms with van der Waals surface area (Å²) in [5, 5.41) is 0. The van der Waals surface area contributed by atoms with Gasteiger partial charge in [0.05, 0.1) is 12.4 Å². The molecule has 6 nitrogen and oxygen atoms in total. The number of nitrogens with zero attached hydrogens (tertiary/aromatic N) is 3. The number of hydrogen-bond donors (Lipinski definition) is 2. The van der Waals surface area contributed by atoms with Crippen molar-refractivity contribution in [2.75, 3.05) is 5.73 Å². The molecule has 0 aromatic carbocycles. The molecule has 2 aromatic rings. The van der Waals surface area contributed by atoms with Gasteiger partial charge in [-0.3, -0.25) is 4.57 Å². The smallest absolute Gasteiger partial charge is 0.200 e. The number of imidazole rings is 1. The molecule has 0 bridgehead atoms. The first-order valence-corrected chi connectivity index (χ1v) is 5.85. The van der Waals surface area contributed by atoms with Crippen LogP contribution in [0.2, 0.25) is 0 Å². The van der Waals surface area contributed by atoms with Crippen LogP contribution in [0.5, 0.6) is 0 Å². The fourth-order valence-corrected chi connectivity index (χ4v) is 1.65. The Balaban J connectivity index is 2.33. The van der Waals surface area contributed by atoms with Gasteiger partial charge < -0.3 is 15.5 Å². The first-order valence-electron chi connectivity index (χ1n) is 5.44. The number of nitrogens with two attached hydrogens (primary N) is 1. The van der Waals surface area contributed by atoms with E-state index in [0.717, 1.165) is 12.1 Å². The average molecular weight is 253 g/mol. The molecule has 0 aliphatic carbocycles. The summed E-state index contributed by atoms with van der Waals surface area (Å²) >= 11 is 5.09. The monoisotopic (exact) mass is 253 g/mol. The Kier molecular flexibility index (Phi) is 3.39. The van der Waals surface area contributed by atoms with E-state index in [0.29, 0.717) is 16.9 Å². The molecular formula is C10H15N5OS. The molecule has 0 saturated heterocycles. The molecule has 0 fully saturated rings. The zero-order chi connectivity index (χ0) is 12.4. The first kappa shape index (κ1) is 12.0. The van der Waals surface area contributed by atoms with Crippen molar-refractivity contribution < 1.29 is 4.74 Å². The van der Waals surface area contributed by atoms with Crippen molar-refractivity contribution in [3.63, 3.8) is 0 Å². The summed E-state index contributed by atoms with van der Waals surface area (Å²) < 4.78 is 7.86. The fraction of sp³-hybridized carbons (Fsp3) is 0.500. The van der Waals surface area contributed by atoms with E-state index in [9.17, 15) is 0 Å². The molecule has 1 atom stereocenters. The second-order valence-corrected chi connectivity index (χ2v) is 4.24. The quantitative estimate of drug-likeness (QED) is 0.812. The minimum absolute atomic E-state index is 0.203. The number of anilines is 1. The van der Waals surface area contributed by atoms with Gasteiger partial charge in [0.25, 0.3) is 0 Å². The van der Waals surface area contributed by atoms with Crippen LogP contribution in [0.25, 0.3) is 11.2 Å². The van der Waals surface area contributed by atoms with Crippen LogP contribution in [0.1, 0.15) is 20.3 Å². The van der Waals surface area contributed by atoms with Crippen molar-refractivity contribution >= 4 is 29.3 Å². The molecule has 7 heteroatoms. The maximum Gasteiger partial charge on any atom is 0.200 e. The molecule has 0 aliphatic heterocycles. The highest BCUT2D eigenvalue weighted by Crippen LogP contribution is 2.12. The van der Waals surface area contributed by atoms with E-state index in [1.165, 1.54) is 0 Å². The maximum atomic E-state index is 5.63. The number of hydrogen-bond acceptors (Lipinski definition) is 5. The Hall–Kier alpha value is -1.47. The molecule has 3 N–H and O–H groups in total. The van der Waals surface area contributed by atoms with Gasteiger partial charge in [-0.05, 0) is 13.3 Å². The van der Waals surface area contributed by atoms with E-state index in [4.69, 9.17) is 22.7 Å². The number of ether oxygens (including phenoxy) is 1. The molecule has 0 saturated carbocycles. The van der Waals surface area contributed by atoms with Crippen LogP contribution in [0.3, 0.4) is 0 Å². The van der Waals surface area contributed by atoms with Gasteiger partial charge in [0.15, 0.2) is 10.6 Å². The Morgan fingerprint density at radius 3 is 3.12 bits per heavy atom. The van der Waals surface area contributed by atoms with Crippen LogP contribution in [0, 0.1) is 4.64 Å². The Morgan fingerprint density at radius 2 is 2.41 bits per heavy atom. The van der Waals surface area contributed by atoms with Gasteiger partial charge >= 0.3 is 0 Å². The van der Waals surface area contributed by atoms with Gasteiger partial charge in [0, 0.05) is 0 Å². The molecule has 0 spiro atoms. The van der Waals surface area contributed by atoms with Gasteiger partial charge in [-0.25, -0.2) is 9.97 Å². The number of nitrogens with one attached hydrogen (secondary N) is 1. The Bertz CT molecular complexity index is 576. The van der Waals surface area contributed by atoms with Crippen LogP contribution < -0.4 is 5.73 Å². The number of aromatic nitrogens is 4. The van der Waals surface area contributed by atoms with Crippen molar-refractivity contribution in [1.29, 1.82) is 0 Å². The zero-order valence-corrected chi connectivity index (χ0v) is 10.6. The third kappa shape index (κ3) is 2.45. The highest BCUT2D eigenvalue weighted by Gasteiger charge is 2.07. The van der Waals surface area contributed by atoms with Gasteiger partial charge in [0.1, 0.15) is 17.9 Å². The van der Waals surface area contributed by atoms with Crippen LogP contribution in [-0.4, -0.2) is 25.6 Å². The van der Waals surface area contributed by atoms with Crippen molar-refractivity contribution in [1.82, 2.24) is 19.5 Å². The number of aromatic amines is 1. The van der Waals surface area contributed by atoms with E-state index in [1.807, 2.05) is 11.5 Å². The standard InChI is InChI=1S/C10H15N5OS/c1-3-6(2)16-5-15-4-12-7-8(15)13-10(11)14-9(7)17/h4,6H,3,5H2,1-2H3,(H3,11,13,14,17)/t6-/m1/s1. The van der Waals surface area contributed by atoms with Gasteiger partial charge in [-0.15, -0.1) is 0 Å². The number of H-pyrrole nitrogens is 1. The van der Waals surface area contributed by atoms with Crippen molar-refractivity contribution in [3.05, 3.63) is 11.0 Å². The average Bonchev–Trinajstić information content (AvgIpc) is 2.69. The maximum absolute atomic E-state index is 5.63.